The molecule has 0 spiro atoms. The highest BCUT2D eigenvalue weighted by molar-refractivity contribution is 5.96. The fraction of sp³-hybridized carbons (Fsp3) is 0.444. The number of esters is 3. The molecule has 0 N–H and O–H groups in total. The molecule has 1 aliphatic heterocycles. The minimum Gasteiger partial charge on any atom is -0.460 e. The molecule has 3 rings (SSSR count). The third kappa shape index (κ3) is 7.17. The van der Waals surface area contributed by atoms with E-state index in [4.69, 9.17) is 14.2 Å². The molecule has 2 aromatic rings. The van der Waals surface area contributed by atoms with Gasteiger partial charge in [0, 0.05) is 20.3 Å². The summed E-state index contributed by atoms with van der Waals surface area (Å²) in [5.41, 5.74) is 2.58. The monoisotopic (exact) mass is 452 g/mol. The zero-order valence-electron chi connectivity index (χ0n) is 19.9. The molecule has 6 heteroatoms. The lowest BCUT2D eigenvalue weighted by Gasteiger charge is -2.34. The molecule has 1 aliphatic rings. The summed E-state index contributed by atoms with van der Waals surface area (Å²) in [4.78, 5) is 37.5. The fourth-order valence-electron chi connectivity index (χ4n) is 3.92. The molecule has 2 aromatic carbocycles. The SMILES string of the molecule is CC(C)(C)OC(=O)C[C@H](Cc1ccc(-c2ccccc2)cc1)CC1C(=O)OC(C)(C)OC1=O. The van der Waals surface area contributed by atoms with Crippen LogP contribution in [0.1, 0.15) is 53.0 Å². The van der Waals surface area contributed by atoms with E-state index in [1.807, 2.05) is 54.6 Å². The van der Waals surface area contributed by atoms with Gasteiger partial charge in [-0.3, -0.25) is 14.4 Å². The number of hydrogen-bond donors (Lipinski definition) is 0. The van der Waals surface area contributed by atoms with Crippen LogP contribution in [-0.4, -0.2) is 29.3 Å². The van der Waals surface area contributed by atoms with E-state index in [9.17, 15) is 14.4 Å². The first-order valence-electron chi connectivity index (χ1n) is 11.2. The minimum atomic E-state index is -1.28. The van der Waals surface area contributed by atoms with Gasteiger partial charge >= 0.3 is 17.9 Å². The highest BCUT2D eigenvalue weighted by Gasteiger charge is 2.44. The van der Waals surface area contributed by atoms with Gasteiger partial charge in [0.05, 0.1) is 0 Å². The van der Waals surface area contributed by atoms with Gasteiger partial charge in [-0.15, -0.1) is 0 Å². The quantitative estimate of drug-likeness (QED) is 0.430. The fourth-order valence-corrected chi connectivity index (χ4v) is 3.92. The average Bonchev–Trinajstić information content (AvgIpc) is 2.69. The Balaban J connectivity index is 1.76. The molecule has 0 radical (unpaired) electrons. The van der Waals surface area contributed by atoms with Crippen molar-refractivity contribution in [1.82, 2.24) is 0 Å². The van der Waals surface area contributed by atoms with Crippen LogP contribution in [0, 0.1) is 11.8 Å². The molecule has 1 fully saturated rings. The summed E-state index contributed by atoms with van der Waals surface area (Å²) in [5.74, 6) is -4.25. The molecule has 1 heterocycles. The van der Waals surface area contributed by atoms with Crippen molar-refractivity contribution < 1.29 is 28.6 Å². The van der Waals surface area contributed by atoms with Crippen molar-refractivity contribution in [2.75, 3.05) is 0 Å². The Morgan fingerprint density at radius 2 is 1.48 bits per heavy atom. The standard InChI is InChI=1S/C27H32O6/c1-26(2,3)31-23(28)17-19(16-22-24(29)32-27(4,5)33-25(22)30)15-18-11-13-21(14-12-18)20-9-7-6-8-10-20/h6-14,19,22H,15-17H2,1-5H3/t19-/m1/s1. The third-order valence-electron chi connectivity index (χ3n) is 5.29. The molecule has 0 amide bonds. The van der Waals surface area contributed by atoms with Gasteiger partial charge in [-0.25, -0.2) is 0 Å². The van der Waals surface area contributed by atoms with Gasteiger partial charge in [0.2, 0.25) is 0 Å². The second kappa shape index (κ2) is 9.77. The van der Waals surface area contributed by atoms with Crippen molar-refractivity contribution in [2.45, 2.75) is 65.3 Å². The molecular weight excluding hydrogens is 420 g/mol. The maximum atomic E-state index is 12.6. The number of cyclic esters (lactones) is 2. The van der Waals surface area contributed by atoms with E-state index in [0.29, 0.717) is 6.42 Å². The van der Waals surface area contributed by atoms with Crippen LogP contribution in [0.4, 0.5) is 0 Å². The Kier molecular flexibility index (Phi) is 7.25. The first kappa shape index (κ1) is 24.5. The van der Waals surface area contributed by atoms with E-state index in [1.54, 1.807) is 20.8 Å². The summed E-state index contributed by atoms with van der Waals surface area (Å²) in [6, 6.07) is 18.1. The minimum absolute atomic E-state index is 0.0815. The summed E-state index contributed by atoms with van der Waals surface area (Å²) >= 11 is 0. The summed E-state index contributed by atoms with van der Waals surface area (Å²) in [6.45, 7) is 8.46. The Bertz CT molecular complexity index is 966. The van der Waals surface area contributed by atoms with Gasteiger partial charge in [-0.05, 0) is 56.2 Å². The lowest BCUT2D eigenvalue weighted by atomic mass is 9.86. The van der Waals surface area contributed by atoms with Crippen LogP contribution in [0.3, 0.4) is 0 Å². The van der Waals surface area contributed by atoms with Crippen molar-refractivity contribution in [3.63, 3.8) is 0 Å². The lowest BCUT2D eigenvalue weighted by Crippen LogP contribution is -2.47. The maximum Gasteiger partial charge on any atom is 0.323 e. The van der Waals surface area contributed by atoms with E-state index in [1.165, 1.54) is 13.8 Å². The predicted octanol–water partition coefficient (Wildman–Crippen LogP) is 5.09. The van der Waals surface area contributed by atoms with Crippen LogP contribution >= 0.6 is 0 Å². The van der Waals surface area contributed by atoms with E-state index in [0.717, 1.165) is 16.7 Å². The Morgan fingerprint density at radius 1 is 0.939 bits per heavy atom. The molecule has 6 nitrogen and oxygen atoms in total. The molecule has 176 valence electrons. The van der Waals surface area contributed by atoms with Crippen molar-refractivity contribution in [3.8, 4) is 11.1 Å². The smallest absolute Gasteiger partial charge is 0.323 e. The van der Waals surface area contributed by atoms with Gasteiger partial charge in [-0.1, -0.05) is 54.6 Å². The molecule has 0 unspecified atom stereocenters. The van der Waals surface area contributed by atoms with Crippen LogP contribution in [-0.2, 0) is 35.0 Å². The third-order valence-corrected chi connectivity index (χ3v) is 5.29. The second-order valence-corrected chi connectivity index (χ2v) is 9.95. The van der Waals surface area contributed by atoms with E-state index < -0.39 is 29.2 Å². The van der Waals surface area contributed by atoms with E-state index >= 15 is 0 Å². The number of rotatable bonds is 7. The Labute approximate surface area is 195 Å². The highest BCUT2D eigenvalue weighted by Crippen LogP contribution is 2.31. The maximum absolute atomic E-state index is 12.6. The Morgan fingerprint density at radius 3 is 2.03 bits per heavy atom. The first-order chi connectivity index (χ1) is 15.4. The predicted molar refractivity (Wildman–Crippen MR) is 124 cm³/mol. The summed E-state index contributed by atoms with van der Waals surface area (Å²) in [5, 5.41) is 0. The number of carbonyl (C=O) groups excluding carboxylic acids is 3. The van der Waals surface area contributed by atoms with Gasteiger partial charge in [0.25, 0.3) is 5.79 Å². The molecular formula is C27H32O6. The zero-order chi connectivity index (χ0) is 24.2. The molecule has 1 saturated heterocycles. The van der Waals surface area contributed by atoms with Gasteiger partial charge in [0.1, 0.15) is 5.60 Å². The van der Waals surface area contributed by atoms with Gasteiger partial charge in [-0.2, -0.15) is 0 Å². The average molecular weight is 453 g/mol. The molecule has 0 aliphatic carbocycles. The zero-order valence-corrected chi connectivity index (χ0v) is 19.9. The number of benzene rings is 2. The Hall–Kier alpha value is -3.15. The molecule has 0 bridgehead atoms. The highest BCUT2D eigenvalue weighted by atomic mass is 16.7. The molecule has 0 aromatic heterocycles. The van der Waals surface area contributed by atoms with Crippen molar-refractivity contribution in [1.29, 1.82) is 0 Å². The van der Waals surface area contributed by atoms with Crippen LogP contribution in [0.25, 0.3) is 11.1 Å². The topological polar surface area (TPSA) is 78.9 Å². The first-order valence-corrected chi connectivity index (χ1v) is 11.2. The van der Waals surface area contributed by atoms with Crippen LogP contribution in [0.15, 0.2) is 54.6 Å². The second-order valence-electron chi connectivity index (χ2n) is 9.95. The summed E-state index contributed by atoms with van der Waals surface area (Å²) < 4.78 is 16.0. The summed E-state index contributed by atoms with van der Waals surface area (Å²) in [7, 11) is 0. The van der Waals surface area contributed by atoms with Crippen LogP contribution in [0.5, 0.6) is 0 Å². The van der Waals surface area contributed by atoms with Crippen molar-refractivity contribution in [3.05, 3.63) is 60.2 Å². The molecule has 1 atom stereocenters. The largest absolute Gasteiger partial charge is 0.460 e. The van der Waals surface area contributed by atoms with Crippen LogP contribution in [0.2, 0.25) is 0 Å². The van der Waals surface area contributed by atoms with Crippen molar-refractivity contribution in [2.24, 2.45) is 11.8 Å². The molecule has 33 heavy (non-hydrogen) atoms. The van der Waals surface area contributed by atoms with Crippen molar-refractivity contribution >= 4 is 17.9 Å². The molecule has 0 saturated carbocycles. The lowest BCUT2D eigenvalue weighted by molar-refractivity contribution is -0.240. The van der Waals surface area contributed by atoms with E-state index in [2.05, 4.69) is 0 Å². The normalized spacial score (nSPS) is 17.1. The van der Waals surface area contributed by atoms with Gasteiger partial charge < -0.3 is 14.2 Å². The van der Waals surface area contributed by atoms with Crippen LogP contribution < -0.4 is 0 Å². The number of carbonyl (C=O) groups is 3. The number of hydrogen-bond acceptors (Lipinski definition) is 6. The number of ether oxygens (including phenoxy) is 3. The van der Waals surface area contributed by atoms with Gasteiger partial charge in [0.15, 0.2) is 5.92 Å². The summed E-state index contributed by atoms with van der Waals surface area (Å²) in [6.07, 6.45) is 0.736. The van der Waals surface area contributed by atoms with E-state index in [-0.39, 0.29) is 24.7 Å².